The van der Waals surface area contributed by atoms with Gasteiger partial charge in [-0.15, -0.1) is 0 Å². The van der Waals surface area contributed by atoms with Gasteiger partial charge in [0.15, 0.2) is 0 Å². The van der Waals surface area contributed by atoms with Gasteiger partial charge >= 0.3 is 5.97 Å². The van der Waals surface area contributed by atoms with Crippen LogP contribution in [0, 0.1) is 17.3 Å². The summed E-state index contributed by atoms with van der Waals surface area (Å²) in [6.45, 7) is 0.544. The summed E-state index contributed by atoms with van der Waals surface area (Å²) in [5.74, 6) is 0.956. The maximum atomic E-state index is 10.9. The van der Waals surface area contributed by atoms with Crippen molar-refractivity contribution in [3.8, 4) is 0 Å². The van der Waals surface area contributed by atoms with Crippen LogP contribution >= 0.6 is 0 Å². The molecule has 3 atom stereocenters. The molecule has 3 heteroatoms. The highest BCUT2D eigenvalue weighted by atomic mass is 16.4. The molecule has 3 nitrogen and oxygen atoms in total. The molecule has 86 valence electrons. The topological polar surface area (TPSA) is 63.3 Å². The number of hydrogen-bond donors (Lipinski definition) is 2. The Morgan fingerprint density at radius 2 is 2.07 bits per heavy atom. The van der Waals surface area contributed by atoms with Gasteiger partial charge in [-0.25, -0.2) is 0 Å². The number of fused-ring (bicyclic) bond motifs is 1. The summed E-state index contributed by atoms with van der Waals surface area (Å²) >= 11 is 0. The molecular formula is C12H21NO2. The van der Waals surface area contributed by atoms with Crippen molar-refractivity contribution in [1.29, 1.82) is 0 Å². The van der Waals surface area contributed by atoms with Crippen molar-refractivity contribution in [2.45, 2.75) is 44.9 Å². The van der Waals surface area contributed by atoms with Gasteiger partial charge in [0, 0.05) is 0 Å². The molecule has 2 fully saturated rings. The molecule has 0 spiro atoms. The first-order valence-corrected chi connectivity index (χ1v) is 6.07. The predicted octanol–water partition coefficient (Wildman–Crippen LogP) is 2.01. The molecule has 0 heterocycles. The van der Waals surface area contributed by atoms with Crippen LogP contribution in [0.25, 0.3) is 0 Å². The fourth-order valence-electron chi connectivity index (χ4n) is 3.65. The van der Waals surface area contributed by atoms with Crippen molar-refractivity contribution in [1.82, 2.24) is 0 Å². The van der Waals surface area contributed by atoms with Gasteiger partial charge in [0.05, 0.1) is 6.42 Å². The van der Waals surface area contributed by atoms with Crippen LogP contribution in [0.1, 0.15) is 44.9 Å². The van der Waals surface area contributed by atoms with E-state index in [1.807, 2.05) is 0 Å². The maximum absolute atomic E-state index is 10.9. The fourth-order valence-corrected chi connectivity index (χ4v) is 3.65. The van der Waals surface area contributed by atoms with E-state index in [1.54, 1.807) is 0 Å². The molecular weight excluding hydrogens is 190 g/mol. The Hall–Kier alpha value is -0.570. The summed E-state index contributed by atoms with van der Waals surface area (Å²) in [4.78, 5) is 10.9. The van der Waals surface area contributed by atoms with Crippen LogP contribution in [0.4, 0.5) is 0 Å². The van der Waals surface area contributed by atoms with Crippen LogP contribution in [0.5, 0.6) is 0 Å². The van der Waals surface area contributed by atoms with Crippen molar-refractivity contribution >= 4 is 5.97 Å². The summed E-state index contributed by atoms with van der Waals surface area (Å²) in [5, 5.41) is 8.95. The van der Waals surface area contributed by atoms with E-state index in [4.69, 9.17) is 10.8 Å². The number of carboxylic acid groups (broad SMARTS) is 1. The second kappa shape index (κ2) is 4.12. The summed E-state index contributed by atoms with van der Waals surface area (Å²) in [6.07, 6.45) is 7.55. The fraction of sp³-hybridized carbons (Fsp3) is 0.917. The highest BCUT2D eigenvalue weighted by Gasteiger charge is 2.42. The van der Waals surface area contributed by atoms with Crippen molar-refractivity contribution in [2.24, 2.45) is 23.0 Å². The van der Waals surface area contributed by atoms with E-state index in [0.29, 0.717) is 6.54 Å². The van der Waals surface area contributed by atoms with Crippen LogP contribution in [0.3, 0.4) is 0 Å². The van der Waals surface area contributed by atoms with E-state index in [0.717, 1.165) is 24.7 Å². The Labute approximate surface area is 91.0 Å². The Kier molecular flexibility index (Phi) is 3.01. The molecule has 2 aliphatic rings. The van der Waals surface area contributed by atoms with Crippen LogP contribution in [0.15, 0.2) is 0 Å². The zero-order valence-corrected chi connectivity index (χ0v) is 9.24. The summed E-state index contributed by atoms with van der Waals surface area (Å²) in [5.41, 5.74) is 5.72. The van der Waals surface area contributed by atoms with Crippen molar-refractivity contribution in [3.63, 3.8) is 0 Å². The molecule has 2 saturated carbocycles. The van der Waals surface area contributed by atoms with Gasteiger partial charge in [0.1, 0.15) is 0 Å². The highest BCUT2D eigenvalue weighted by molar-refractivity contribution is 5.67. The minimum absolute atomic E-state index is 0.0860. The third kappa shape index (κ3) is 2.17. The smallest absolute Gasteiger partial charge is 0.303 e. The molecule has 0 unspecified atom stereocenters. The van der Waals surface area contributed by atoms with Crippen LogP contribution < -0.4 is 5.73 Å². The number of aliphatic carboxylic acids is 1. The predicted molar refractivity (Wildman–Crippen MR) is 58.4 cm³/mol. The average Bonchev–Trinajstić information content (AvgIpc) is 2.63. The number of carbonyl (C=O) groups is 1. The highest BCUT2D eigenvalue weighted by Crippen LogP contribution is 2.50. The van der Waals surface area contributed by atoms with Gasteiger partial charge in [-0.2, -0.15) is 0 Å². The van der Waals surface area contributed by atoms with E-state index < -0.39 is 5.97 Å². The van der Waals surface area contributed by atoms with E-state index in [-0.39, 0.29) is 11.8 Å². The van der Waals surface area contributed by atoms with E-state index >= 15 is 0 Å². The first-order valence-electron chi connectivity index (χ1n) is 6.07. The lowest BCUT2D eigenvalue weighted by Crippen LogP contribution is -2.39. The van der Waals surface area contributed by atoms with Gasteiger partial charge in [0.2, 0.25) is 0 Å². The van der Waals surface area contributed by atoms with Gasteiger partial charge in [-0.05, 0) is 43.1 Å². The third-order valence-corrected chi connectivity index (χ3v) is 4.52. The Morgan fingerprint density at radius 3 is 2.73 bits per heavy atom. The Morgan fingerprint density at radius 1 is 1.33 bits per heavy atom. The molecule has 0 radical (unpaired) electrons. The zero-order valence-electron chi connectivity index (χ0n) is 9.24. The van der Waals surface area contributed by atoms with Crippen LogP contribution in [-0.2, 0) is 4.79 Å². The summed E-state index contributed by atoms with van der Waals surface area (Å²) in [6, 6.07) is 0. The molecule has 0 aromatic carbocycles. The molecule has 0 aromatic heterocycles. The van der Waals surface area contributed by atoms with Gasteiger partial charge in [-0.3, -0.25) is 4.79 Å². The molecule has 0 aromatic rings. The third-order valence-electron chi connectivity index (χ3n) is 4.52. The number of hydrogen-bond acceptors (Lipinski definition) is 2. The average molecular weight is 211 g/mol. The van der Waals surface area contributed by atoms with Gasteiger partial charge in [-0.1, -0.05) is 19.3 Å². The largest absolute Gasteiger partial charge is 0.481 e. The molecule has 0 saturated heterocycles. The van der Waals surface area contributed by atoms with E-state index in [9.17, 15) is 4.79 Å². The van der Waals surface area contributed by atoms with Crippen LogP contribution in [0.2, 0.25) is 0 Å². The first-order chi connectivity index (χ1) is 7.15. The minimum Gasteiger partial charge on any atom is -0.481 e. The lowest BCUT2D eigenvalue weighted by atomic mass is 9.65. The Bertz CT molecular complexity index is 254. The lowest BCUT2D eigenvalue weighted by molar-refractivity contribution is -0.140. The molecule has 0 aliphatic heterocycles. The van der Waals surface area contributed by atoms with Crippen molar-refractivity contribution < 1.29 is 9.90 Å². The molecule has 0 amide bonds. The monoisotopic (exact) mass is 211 g/mol. The van der Waals surface area contributed by atoms with Gasteiger partial charge < -0.3 is 10.8 Å². The zero-order chi connectivity index (χ0) is 10.9. The standard InChI is InChI=1S/C12H21NO2/c13-8-12(7-11(14)15)5-4-9-2-1-3-10(9)6-12/h9-10H,1-8,13H2,(H,14,15)/t9-,10-,12-/m0/s1. The van der Waals surface area contributed by atoms with Gasteiger partial charge in [0.25, 0.3) is 0 Å². The normalized spacial score (nSPS) is 40.1. The summed E-state index contributed by atoms with van der Waals surface area (Å²) < 4.78 is 0. The number of rotatable bonds is 3. The maximum Gasteiger partial charge on any atom is 0.303 e. The lowest BCUT2D eigenvalue weighted by Gasteiger charge is -2.41. The second-order valence-electron chi connectivity index (χ2n) is 5.47. The summed E-state index contributed by atoms with van der Waals surface area (Å²) in [7, 11) is 0. The number of nitrogens with two attached hydrogens (primary N) is 1. The first kappa shape index (κ1) is 10.9. The Balaban J connectivity index is 2.04. The molecule has 3 N–H and O–H groups in total. The minimum atomic E-state index is -0.683. The molecule has 2 aliphatic carbocycles. The van der Waals surface area contributed by atoms with Crippen molar-refractivity contribution in [2.75, 3.05) is 6.54 Å². The number of carboxylic acids is 1. The quantitative estimate of drug-likeness (QED) is 0.750. The molecule has 2 rings (SSSR count). The van der Waals surface area contributed by atoms with Crippen molar-refractivity contribution in [3.05, 3.63) is 0 Å². The molecule has 15 heavy (non-hydrogen) atoms. The van der Waals surface area contributed by atoms with E-state index in [1.165, 1.54) is 25.7 Å². The van der Waals surface area contributed by atoms with E-state index in [2.05, 4.69) is 0 Å². The SMILES string of the molecule is NC[C@@]1(CC(=O)O)CC[C@@H]2CCC[C@H]2C1. The second-order valence-corrected chi connectivity index (χ2v) is 5.47. The molecule has 0 bridgehead atoms. The van der Waals surface area contributed by atoms with Crippen LogP contribution in [-0.4, -0.2) is 17.6 Å².